The molecule has 6 rings (SSSR count). The third kappa shape index (κ3) is 6.69. The van der Waals surface area contributed by atoms with Crippen LogP contribution in [0.1, 0.15) is 41.8 Å². The van der Waals surface area contributed by atoms with Crippen molar-refractivity contribution in [3.05, 3.63) is 82.2 Å². The molecule has 3 aromatic heterocycles. The van der Waals surface area contributed by atoms with Crippen molar-refractivity contribution in [3.63, 3.8) is 0 Å². The van der Waals surface area contributed by atoms with E-state index in [9.17, 15) is 4.79 Å². The van der Waals surface area contributed by atoms with Gasteiger partial charge in [-0.15, -0.1) is 11.3 Å². The molecule has 5 heterocycles. The zero-order valence-electron chi connectivity index (χ0n) is 22.9. The highest BCUT2D eigenvalue weighted by atomic mass is 35.5. The first-order valence-corrected chi connectivity index (χ1v) is 15.4. The van der Waals surface area contributed by atoms with E-state index in [-0.39, 0.29) is 5.91 Å². The van der Waals surface area contributed by atoms with Gasteiger partial charge in [0, 0.05) is 29.9 Å². The molecule has 1 saturated heterocycles. The van der Waals surface area contributed by atoms with E-state index >= 15 is 0 Å². The van der Waals surface area contributed by atoms with E-state index in [0.29, 0.717) is 30.5 Å². The minimum Gasteiger partial charge on any atom is -0.486 e. The third-order valence-corrected chi connectivity index (χ3v) is 8.99. The summed E-state index contributed by atoms with van der Waals surface area (Å²) >= 11 is 8.18. The van der Waals surface area contributed by atoms with E-state index in [1.807, 2.05) is 47.4 Å². The van der Waals surface area contributed by atoms with Gasteiger partial charge in [-0.05, 0) is 80.7 Å². The molecule has 0 saturated carbocycles. The average Bonchev–Trinajstić information content (AvgIpc) is 3.39. The zero-order chi connectivity index (χ0) is 28.0. The minimum absolute atomic E-state index is 0.0798. The zero-order valence-corrected chi connectivity index (χ0v) is 24.5. The number of anilines is 2. The number of nitrogens with zero attached hydrogens (tertiary/aromatic N) is 5. The van der Waals surface area contributed by atoms with Gasteiger partial charge < -0.3 is 19.9 Å². The Balaban J connectivity index is 1.10. The van der Waals surface area contributed by atoms with Crippen LogP contribution in [0.4, 0.5) is 11.5 Å². The highest BCUT2D eigenvalue weighted by molar-refractivity contribution is 7.19. The van der Waals surface area contributed by atoms with Crippen molar-refractivity contribution < 1.29 is 9.53 Å². The first-order valence-electron chi connectivity index (χ1n) is 14.2. The van der Waals surface area contributed by atoms with Crippen LogP contribution in [-0.2, 0) is 24.4 Å². The van der Waals surface area contributed by atoms with Crippen LogP contribution < -0.4 is 10.1 Å². The van der Waals surface area contributed by atoms with E-state index in [0.717, 1.165) is 46.8 Å². The fraction of sp³-hybridized carbons (Fsp3) is 0.355. The molecule has 4 aromatic rings. The second-order valence-electron chi connectivity index (χ2n) is 10.4. The number of carbonyl (C=O) groups is 1. The van der Waals surface area contributed by atoms with E-state index in [2.05, 4.69) is 25.2 Å². The Morgan fingerprint density at radius 2 is 2.00 bits per heavy atom. The normalized spacial score (nSPS) is 15.8. The minimum atomic E-state index is 0.0798. The first-order chi connectivity index (χ1) is 20.1. The number of likely N-dealkylation sites (tertiary alicyclic amines) is 1. The Bertz CT molecular complexity index is 1540. The van der Waals surface area contributed by atoms with Crippen LogP contribution in [0.15, 0.2) is 61.1 Å². The Kier molecular flexibility index (Phi) is 8.74. The summed E-state index contributed by atoms with van der Waals surface area (Å²) < 4.78 is 5.86. The Morgan fingerprint density at radius 3 is 2.83 bits per heavy atom. The molecule has 8 nitrogen and oxygen atoms in total. The number of hydrogen-bond acceptors (Lipinski definition) is 8. The quantitative estimate of drug-likeness (QED) is 0.227. The lowest BCUT2D eigenvalue weighted by Crippen LogP contribution is -2.34. The van der Waals surface area contributed by atoms with Crippen molar-refractivity contribution in [3.8, 4) is 5.75 Å². The number of benzene rings is 1. The van der Waals surface area contributed by atoms with Gasteiger partial charge in [0.1, 0.15) is 29.3 Å². The highest BCUT2D eigenvalue weighted by Gasteiger charge is 2.25. The summed E-state index contributed by atoms with van der Waals surface area (Å²) in [6.45, 7) is 5.01. The molecule has 0 atom stereocenters. The summed E-state index contributed by atoms with van der Waals surface area (Å²) in [5.41, 5.74) is 2.86. The summed E-state index contributed by atoms with van der Waals surface area (Å²) in [6.07, 6.45) is 12.7. The van der Waals surface area contributed by atoms with Crippen molar-refractivity contribution >= 4 is 50.6 Å². The largest absolute Gasteiger partial charge is 0.486 e. The molecule has 212 valence electrons. The SMILES string of the molecule is O=C(/C=C/CCN1CCCCC1)N1CCc2c(sc3ncnc(Nc4ccc(OCc5ccccn5)c(Cl)c4)c23)C1. The number of halogens is 1. The van der Waals surface area contributed by atoms with Gasteiger partial charge in [0.25, 0.3) is 0 Å². The Hall–Kier alpha value is -3.53. The maximum atomic E-state index is 12.9. The lowest BCUT2D eigenvalue weighted by molar-refractivity contribution is -0.126. The molecule has 10 heteroatoms. The molecular weight excluding hydrogens is 556 g/mol. The number of piperidine rings is 1. The van der Waals surface area contributed by atoms with E-state index in [1.54, 1.807) is 29.9 Å². The molecule has 0 bridgehead atoms. The van der Waals surface area contributed by atoms with Crippen LogP contribution >= 0.6 is 22.9 Å². The highest BCUT2D eigenvalue weighted by Crippen LogP contribution is 2.39. The van der Waals surface area contributed by atoms with Crippen LogP contribution in [0, 0.1) is 0 Å². The summed E-state index contributed by atoms with van der Waals surface area (Å²) in [4.78, 5) is 32.8. The molecule has 0 spiro atoms. The summed E-state index contributed by atoms with van der Waals surface area (Å²) in [5, 5.41) is 4.95. The van der Waals surface area contributed by atoms with E-state index in [1.165, 1.54) is 42.8 Å². The number of fused-ring (bicyclic) bond motifs is 3. The molecule has 1 aromatic carbocycles. The van der Waals surface area contributed by atoms with Crippen molar-refractivity contribution in [2.24, 2.45) is 0 Å². The third-order valence-electron chi connectivity index (χ3n) is 7.57. The molecular formula is C31H33ClN6O2S. The van der Waals surface area contributed by atoms with Gasteiger partial charge in [0.05, 0.1) is 22.6 Å². The number of nitrogens with one attached hydrogen (secondary N) is 1. The van der Waals surface area contributed by atoms with Crippen LogP contribution in [0.25, 0.3) is 10.2 Å². The molecule has 1 N–H and O–H groups in total. The molecule has 0 unspecified atom stereocenters. The Morgan fingerprint density at radius 1 is 1.10 bits per heavy atom. The molecule has 0 aliphatic carbocycles. The molecule has 2 aliphatic rings. The van der Waals surface area contributed by atoms with Gasteiger partial charge in [-0.25, -0.2) is 9.97 Å². The maximum Gasteiger partial charge on any atom is 0.246 e. The number of rotatable bonds is 9. The lowest BCUT2D eigenvalue weighted by atomic mass is 10.0. The predicted octanol–water partition coefficient (Wildman–Crippen LogP) is 6.38. The number of hydrogen-bond donors (Lipinski definition) is 1. The van der Waals surface area contributed by atoms with Crippen LogP contribution in [-0.4, -0.2) is 56.8 Å². The average molecular weight is 589 g/mol. The number of pyridine rings is 1. The number of carbonyl (C=O) groups excluding carboxylic acids is 1. The molecule has 2 aliphatic heterocycles. The fourth-order valence-corrected chi connectivity index (χ4v) is 6.85. The maximum absolute atomic E-state index is 12.9. The molecule has 1 fully saturated rings. The summed E-state index contributed by atoms with van der Waals surface area (Å²) in [6, 6.07) is 11.3. The van der Waals surface area contributed by atoms with Crippen molar-refractivity contribution in [2.75, 3.05) is 31.5 Å². The van der Waals surface area contributed by atoms with Crippen molar-refractivity contribution in [1.82, 2.24) is 24.8 Å². The van der Waals surface area contributed by atoms with Gasteiger partial charge in [-0.1, -0.05) is 30.2 Å². The lowest BCUT2D eigenvalue weighted by Gasteiger charge is -2.26. The van der Waals surface area contributed by atoms with Crippen molar-refractivity contribution in [2.45, 2.75) is 45.3 Å². The Labute approximate surface area is 249 Å². The van der Waals surface area contributed by atoms with Gasteiger partial charge in [-0.3, -0.25) is 9.78 Å². The topological polar surface area (TPSA) is 83.5 Å². The van der Waals surface area contributed by atoms with Gasteiger partial charge >= 0.3 is 0 Å². The fourth-order valence-electron chi connectivity index (χ4n) is 5.41. The predicted molar refractivity (Wildman–Crippen MR) is 164 cm³/mol. The summed E-state index contributed by atoms with van der Waals surface area (Å²) in [7, 11) is 0. The van der Waals surface area contributed by atoms with E-state index in [4.69, 9.17) is 16.3 Å². The van der Waals surface area contributed by atoms with Gasteiger partial charge in [0.15, 0.2) is 0 Å². The van der Waals surface area contributed by atoms with Gasteiger partial charge in [-0.2, -0.15) is 0 Å². The van der Waals surface area contributed by atoms with E-state index < -0.39 is 0 Å². The van der Waals surface area contributed by atoms with Crippen LogP contribution in [0.3, 0.4) is 0 Å². The number of thiophene rings is 1. The van der Waals surface area contributed by atoms with Crippen molar-refractivity contribution in [1.29, 1.82) is 0 Å². The molecule has 41 heavy (non-hydrogen) atoms. The first kappa shape index (κ1) is 27.6. The van der Waals surface area contributed by atoms with Crippen LogP contribution in [0.2, 0.25) is 5.02 Å². The smallest absolute Gasteiger partial charge is 0.246 e. The second-order valence-corrected chi connectivity index (χ2v) is 11.9. The number of amides is 1. The van der Waals surface area contributed by atoms with Crippen LogP contribution in [0.5, 0.6) is 5.75 Å². The molecule has 1 amide bonds. The second kappa shape index (κ2) is 13.0. The monoisotopic (exact) mass is 588 g/mol. The number of aromatic nitrogens is 3. The summed E-state index contributed by atoms with van der Waals surface area (Å²) in [5.74, 6) is 1.41. The standard InChI is InChI=1S/C31H33ClN6O2S/c32-25-18-22(10-11-26(25)40-20-23-8-2-4-13-33-23)36-30-29-24-12-17-38(19-27(24)41-31(29)35-21-34-30)28(39)9-3-7-16-37-14-5-1-6-15-37/h2-4,8-11,13,18,21H,1,5-7,12,14-17,19-20H2,(H,34,35,36)/b9-3+. The van der Waals surface area contributed by atoms with Gasteiger partial charge in [0.2, 0.25) is 5.91 Å². The molecule has 0 radical (unpaired) electrons. The number of ether oxygens (including phenoxy) is 1.